The minimum Gasteiger partial charge on any atom is -0.435 e. The second kappa shape index (κ2) is 10.8. The van der Waals surface area contributed by atoms with E-state index < -0.39 is 9.04 Å². The van der Waals surface area contributed by atoms with E-state index >= 15 is 0 Å². The van der Waals surface area contributed by atoms with Gasteiger partial charge < -0.3 is 4.80 Å². The summed E-state index contributed by atoms with van der Waals surface area (Å²) in [6.07, 6.45) is 0. The molecule has 1 nitrogen and oxygen atoms in total. The van der Waals surface area contributed by atoms with E-state index in [0.717, 1.165) is 0 Å². The van der Waals surface area contributed by atoms with Crippen LogP contribution in [0.5, 0.6) is 0 Å². The average Bonchev–Trinajstić information content (AvgIpc) is 2.03. The summed E-state index contributed by atoms with van der Waals surface area (Å²) in [7, 11) is -1.14. The molecule has 0 amide bonds. The van der Waals surface area contributed by atoms with Gasteiger partial charge in [-0.15, -0.1) is 17.0 Å². The summed E-state index contributed by atoms with van der Waals surface area (Å²) in [5.74, 6) is 0. The molecule has 1 aromatic carbocycles. The van der Waals surface area contributed by atoms with Gasteiger partial charge in [0.05, 0.1) is 0 Å². The Morgan fingerprint density at radius 3 is 1.62 bits per heavy atom. The van der Waals surface area contributed by atoms with E-state index in [4.69, 9.17) is 4.80 Å². The fourth-order valence-corrected chi connectivity index (χ4v) is 0.887. The van der Waals surface area contributed by atoms with Gasteiger partial charge in [0.2, 0.25) is 0 Å². The van der Waals surface area contributed by atoms with Crippen molar-refractivity contribution in [3.05, 3.63) is 35.9 Å². The molecule has 0 fully saturated rings. The first-order chi connectivity index (χ1) is 6.34. The van der Waals surface area contributed by atoms with Crippen molar-refractivity contribution in [2.24, 2.45) is 0 Å². The SMILES string of the molecule is Br.CC(C)(C)c1cc[c-]cc1.C[SiH](C)O.[Mg+2]. The Kier molecular flexibility index (Phi) is 14.7. The maximum absolute atomic E-state index is 8.19. The number of halogens is 1. The molecular formula is C12H22BrMgOSi+. The largest absolute Gasteiger partial charge is 2.00 e. The predicted molar refractivity (Wildman–Crippen MR) is 81.1 cm³/mol. The van der Waals surface area contributed by atoms with Gasteiger partial charge in [-0.05, 0) is 18.5 Å². The summed E-state index contributed by atoms with van der Waals surface area (Å²) in [6, 6.07) is 11.1. The summed E-state index contributed by atoms with van der Waals surface area (Å²) < 4.78 is 0. The van der Waals surface area contributed by atoms with Gasteiger partial charge in [-0.3, -0.25) is 0 Å². The molecule has 0 radical (unpaired) electrons. The van der Waals surface area contributed by atoms with Crippen LogP contribution in [0.15, 0.2) is 24.3 Å². The first kappa shape index (κ1) is 21.9. The monoisotopic (exact) mass is 313 g/mol. The van der Waals surface area contributed by atoms with Crippen LogP contribution >= 0.6 is 17.0 Å². The van der Waals surface area contributed by atoms with Crippen molar-refractivity contribution >= 4 is 49.1 Å². The van der Waals surface area contributed by atoms with E-state index in [2.05, 4.69) is 39.0 Å². The van der Waals surface area contributed by atoms with Crippen LogP contribution in [-0.4, -0.2) is 36.9 Å². The molecule has 0 aliphatic rings. The molecule has 1 rings (SSSR count). The molecule has 4 heteroatoms. The van der Waals surface area contributed by atoms with Crippen LogP contribution in [0.4, 0.5) is 0 Å². The molecule has 0 heterocycles. The van der Waals surface area contributed by atoms with Crippen LogP contribution in [-0.2, 0) is 5.41 Å². The second-order valence-electron chi connectivity index (χ2n) is 4.63. The normalized spacial score (nSPS) is 9.44. The van der Waals surface area contributed by atoms with Gasteiger partial charge >= 0.3 is 23.1 Å². The van der Waals surface area contributed by atoms with E-state index in [-0.39, 0.29) is 45.4 Å². The predicted octanol–water partition coefficient (Wildman–Crippen LogP) is 2.94. The Balaban J connectivity index is -0.000000249. The Morgan fingerprint density at radius 1 is 1.12 bits per heavy atom. The molecule has 0 aliphatic heterocycles. The molecule has 1 N–H and O–H groups in total. The maximum Gasteiger partial charge on any atom is 2.00 e. The molecule has 1 aromatic rings. The van der Waals surface area contributed by atoms with Crippen molar-refractivity contribution in [2.45, 2.75) is 39.3 Å². The second-order valence-corrected chi connectivity index (χ2v) is 6.82. The van der Waals surface area contributed by atoms with Gasteiger partial charge in [-0.1, -0.05) is 20.8 Å². The molecule has 0 unspecified atom stereocenters. The van der Waals surface area contributed by atoms with E-state index in [1.807, 2.05) is 25.2 Å². The van der Waals surface area contributed by atoms with Crippen molar-refractivity contribution in [3.63, 3.8) is 0 Å². The average molecular weight is 315 g/mol. The van der Waals surface area contributed by atoms with Gasteiger partial charge in [0, 0.05) is 0 Å². The third-order valence-electron chi connectivity index (χ3n) is 1.58. The van der Waals surface area contributed by atoms with E-state index in [1.165, 1.54) is 5.56 Å². The fraction of sp³-hybridized carbons (Fsp3) is 0.500. The van der Waals surface area contributed by atoms with Crippen molar-refractivity contribution < 1.29 is 4.80 Å². The number of hydrogen-bond donors (Lipinski definition) is 1. The van der Waals surface area contributed by atoms with Crippen molar-refractivity contribution in [3.8, 4) is 0 Å². The van der Waals surface area contributed by atoms with Gasteiger partial charge in [0.1, 0.15) is 0 Å². The van der Waals surface area contributed by atoms with Crippen molar-refractivity contribution in [1.29, 1.82) is 0 Å². The summed E-state index contributed by atoms with van der Waals surface area (Å²) in [5, 5.41) is 0. The van der Waals surface area contributed by atoms with E-state index in [0.29, 0.717) is 0 Å². The third-order valence-corrected chi connectivity index (χ3v) is 1.58. The van der Waals surface area contributed by atoms with Crippen molar-refractivity contribution in [1.82, 2.24) is 0 Å². The molecule has 0 bridgehead atoms. The Morgan fingerprint density at radius 2 is 1.44 bits per heavy atom. The number of hydrogen-bond acceptors (Lipinski definition) is 1. The fourth-order valence-electron chi connectivity index (χ4n) is 0.887. The quantitative estimate of drug-likeness (QED) is 0.577. The third kappa shape index (κ3) is 12.7. The van der Waals surface area contributed by atoms with Crippen LogP contribution in [0.3, 0.4) is 0 Å². The van der Waals surface area contributed by atoms with Gasteiger partial charge in [0.15, 0.2) is 9.04 Å². The molecule has 0 saturated carbocycles. The summed E-state index contributed by atoms with van der Waals surface area (Å²) in [6.45, 7) is 10.4. The maximum atomic E-state index is 8.19. The Bertz CT molecular complexity index is 244. The first-order valence-corrected chi connectivity index (χ1v) is 7.81. The van der Waals surface area contributed by atoms with Gasteiger partial charge in [0.25, 0.3) is 0 Å². The van der Waals surface area contributed by atoms with Crippen LogP contribution in [0.2, 0.25) is 13.1 Å². The zero-order valence-corrected chi connectivity index (χ0v) is 15.2. The molecular weight excluding hydrogens is 292 g/mol. The Hall–Kier alpha value is 0.643. The zero-order valence-electron chi connectivity index (χ0n) is 10.9. The van der Waals surface area contributed by atoms with Gasteiger partial charge in [-0.2, -0.15) is 35.9 Å². The van der Waals surface area contributed by atoms with Crippen LogP contribution < -0.4 is 0 Å². The number of rotatable bonds is 0. The molecule has 0 atom stereocenters. The van der Waals surface area contributed by atoms with E-state index in [1.54, 1.807) is 0 Å². The summed E-state index contributed by atoms with van der Waals surface area (Å²) in [5.41, 5.74) is 1.64. The summed E-state index contributed by atoms with van der Waals surface area (Å²) >= 11 is 0. The first-order valence-electron chi connectivity index (χ1n) is 4.98. The van der Waals surface area contributed by atoms with E-state index in [9.17, 15) is 0 Å². The van der Waals surface area contributed by atoms with Crippen LogP contribution in [0.25, 0.3) is 0 Å². The topological polar surface area (TPSA) is 20.2 Å². The smallest absolute Gasteiger partial charge is 0.435 e. The molecule has 16 heavy (non-hydrogen) atoms. The van der Waals surface area contributed by atoms with Crippen LogP contribution in [0.1, 0.15) is 26.3 Å². The number of benzene rings is 1. The minimum absolute atomic E-state index is 0. The Labute approximate surface area is 128 Å². The van der Waals surface area contributed by atoms with Crippen LogP contribution in [0, 0.1) is 6.07 Å². The molecule has 0 aromatic heterocycles. The minimum atomic E-state index is -1.14. The van der Waals surface area contributed by atoms with Gasteiger partial charge in [-0.25, -0.2) is 0 Å². The standard InChI is InChI=1S/C10H13.C2H8OSi.BrH.Mg/c1-10(2,3)9-7-5-4-6-8-9;1-4(2)3;;/h5-8H,1-3H3;3-4H,1-2H3;1H;/q-1;;;+2. The molecule has 0 aliphatic carbocycles. The van der Waals surface area contributed by atoms with Crippen molar-refractivity contribution in [2.75, 3.05) is 0 Å². The molecule has 0 spiro atoms. The molecule has 88 valence electrons. The molecule has 0 saturated heterocycles. The summed E-state index contributed by atoms with van der Waals surface area (Å²) in [4.78, 5) is 8.19. The zero-order chi connectivity index (χ0) is 11.2.